The predicted molar refractivity (Wildman–Crippen MR) is 89.7 cm³/mol. The number of hydrogen-bond acceptors (Lipinski definition) is 8. The van der Waals surface area contributed by atoms with E-state index in [4.69, 9.17) is 4.79 Å². The van der Waals surface area contributed by atoms with Crippen molar-refractivity contribution in [2.45, 2.75) is 13.8 Å². The van der Waals surface area contributed by atoms with Crippen molar-refractivity contribution in [2.75, 3.05) is 26.1 Å². The zero-order valence-electron chi connectivity index (χ0n) is 14.5. The van der Waals surface area contributed by atoms with Crippen LogP contribution in [0.1, 0.15) is 12.5 Å². The molecule has 0 atom stereocenters. The maximum atomic E-state index is 11.5. The number of hydrogen-bond donors (Lipinski definition) is 2. The Morgan fingerprint density at radius 2 is 1.92 bits per heavy atom. The van der Waals surface area contributed by atoms with Gasteiger partial charge in [0.05, 0.1) is 6.61 Å². The lowest BCUT2D eigenvalue weighted by atomic mass is 10.1. The third kappa shape index (κ3) is 7.31. The molecule has 136 valence electrons. The van der Waals surface area contributed by atoms with Crippen molar-refractivity contribution in [1.82, 2.24) is 20.6 Å². The van der Waals surface area contributed by atoms with E-state index in [-0.39, 0.29) is 6.61 Å². The molecule has 2 aromatic rings. The Hall–Kier alpha value is -3.14. The lowest BCUT2D eigenvalue weighted by Gasteiger charge is -2.08. The second-order valence-corrected chi connectivity index (χ2v) is 4.35. The highest BCUT2D eigenvalue weighted by atomic mass is 16.5. The van der Waals surface area contributed by atoms with Gasteiger partial charge in [0.25, 0.3) is 0 Å². The van der Waals surface area contributed by atoms with Gasteiger partial charge in [-0.3, -0.25) is 4.79 Å². The predicted octanol–water partition coefficient (Wildman–Crippen LogP) is 0.754. The summed E-state index contributed by atoms with van der Waals surface area (Å²) < 4.78 is 8.87. The number of nitrogens with zero attached hydrogens (tertiary/aromatic N) is 3. The van der Waals surface area contributed by atoms with Gasteiger partial charge in [0, 0.05) is 25.5 Å². The number of aromatic amines is 1. The number of anilines is 1. The number of carbonyl (C=O) groups is 3. The van der Waals surface area contributed by atoms with Crippen LogP contribution in [0.3, 0.4) is 0 Å². The third-order valence-corrected chi connectivity index (χ3v) is 2.54. The Balaban J connectivity index is 0.00000104. The van der Waals surface area contributed by atoms with E-state index < -0.39 is 11.9 Å². The Morgan fingerprint density at radius 1 is 1.28 bits per heavy atom. The van der Waals surface area contributed by atoms with E-state index in [1.165, 1.54) is 0 Å². The summed E-state index contributed by atoms with van der Waals surface area (Å²) in [4.78, 5) is 30.8. The molecule has 0 saturated heterocycles. The summed E-state index contributed by atoms with van der Waals surface area (Å²) in [5, 5.41) is 16.1. The van der Waals surface area contributed by atoms with Crippen molar-refractivity contribution in [3.05, 3.63) is 23.8 Å². The Morgan fingerprint density at radius 3 is 2.40 bits per heavy atom. The molecule has 0 aliphatic rings. The van der Waals surface area contributed by atoms with Crippen LogP contribution in [0.2, 0.25) is 0 Å². The highest BCUT2D eigenvalue weighted by Crippen LogP contribution is 2.21. The molecule has 0 radical (unpaired) electrons. The number of esters is 1. The number of ether oxygens (including phenoxy) is 2. The van der Waals surface area contributed by atoms with Gasteiger partial charge in [-0.05, 0) is 42.8 Å². The van der Waals surface area contributed by atoms with Crippen molar-refractivity contribution in [2.24, 2.45) is 0 Å². The molecule has 0 spiro atoms. The topological polar surface area (TPSA) is 136 Å². The van der Waals surface area contributed by atoms with E-state index in [2.05, 4.69) is 35.4 Å². The highest BCUT2D eigenvalue weighted by molar-refractivity contribution is 6.37. The van der Waals surface area contributed by atoms with Gasteiger partial charge >= 0.3 is 11.9 Å². The number of carbonyl (C=O) groups excluding carboxylic acids is 3. The largest absolute Gasteiger partial charge is 0.459 e. The van der Waals surface area contributed by atoms with Crippen molar-refractivity contribution >= 4 is 24.4 Å². The first-order chi connectivity index (χ1) is 12.0. The molecule has 0 unspecified atom stereocenters. The zero-order valence-corrected chi connectivity index (χ0v) is 14.5. The quantitative estimate of drug-likeness (QED) is 0.611. The highest BCUT2D eigenvalue weighted by Gasteiger charge is 2.16. The first kappa shape index (κ1) is 21.9. The van der Waals surface area contributed by atoms with Crippen LogP contribution < -0.4 is 5.32 Å². The Labute approximate surface area is 144 Å². The lowest BCUT2D eigenvalue weighted by molar-refractivity contribution is -0.152. The average molecular weight is 351 g/mol. The average Bonchev–Trinajstić information content (AvgIpc) is 3.14. The van der Waals surface area contributed by atoms with Crippen LogP contribution in [0.4, 0.5) is 5.69 Å². The van der Waals surface area contributed by atoms with E-state index in [0.29, 0.717) is 11.5 Å². The SMILES string of the molecule is C=O.CCOC(=O)C(=O)Nc1ccc(-c2nn[nH]n2)cc1C.COC. The lowest BCUT2D eigenvalue weighted by Crippen LogP contribution is -2.25. The molecule has 0 bridgehead atoms. The molecule has 0 saturated carbocycles. The van der Waals surface area contributed by atoms with Gasteiger partial charge in [0.1, 0.15) is 6.79 Å². The molecule has 0 aliphatic heterocycles. The van der Waals surface area contributed by atoms with Gasteiger partial charge in [0.15, 0.2) is 0 Å². The summed E-state index contributed by atoms with van der Waals surface area (Å²) in [6.07, 6.45) is 0. The molecule has 1 amide bonds. The van der Waals surface area contributed by atoms with Crippen molar-refractivity contribution in [1.29, 1.82) is 0 Å². The number of benzene rings is 1. The molecular formula is C15H21N5O5. The van der Waals surface area contributed by atoms with Crippen molar-refractivity contribution < 1.29 is 23.9 Å². The first-order valence-electron chi connectivity index (χ1n) is 7.05. The fraction of sp³-hybridized carbons (Fsp3) is 0.333. The minimum Gasteiger partial charge on any atom is -0.459 e. The molecule has 0 aliphatic carbocycles. The number of nitrogens with one attached hydrogen (secondary N) is 2. The van der Waals surface area contributed by atoms with E-state index in [0.717, 1.165) is 11.1 Å². The molecule has 10 nitrogen and oxygen atoms in total. The zero-order chi connectivity index (χ0) is 19.2. The van der Waals surface area contributed by atoms with E-state index >= 15 is 0 Å². The van der Waals surface area contributed by atoms with E-state index in [9.17, 15) is 9.59 Å². The molecule has 2 rings (SSSR count). The van der Waals surface area contributed by atoms with E-state index in [1.54, 1.807) is 46.3 Å². The van der Waals surface area contributed by atoms with Crippen LogP contribution in [-0.2, 0) is 23.9 Å². The summed E-state index contributed by atoms with van der Waals surface area (Å²) in [6, 6.07) is 5.17. The minimum absolute atomic E-state index is 0.155. The maximum Gasteiger partial charge on any atom is 0.397 e. The summed E-state index contributed by atoms with van der Waals surface area (Å²) in [5.41, 5.74) is 2.05. The van der Waals surface area contributed by atoms with Gasteiger partial charge in [-0.15, -0.1) is 10.2 Å². The maximum absolute atomic E-state index is 11.5. The number of H-pyrrole nitrogens is 1. The van der Waals surface area contributed by atoms with Gasteiger partial charge in [-0.1, -0.05) is 0 Å². The number of aryl methyl sites for hydroxylation is 1. The summed E-state index contributed by atoms with van der Waals surface area (Å²) in [5.74, 6) is -1.26. The van der Waals surface area contributed by atoms with Crippen LogP contribution in [-0.4, -0.2) is 60.1 Å². The Kier molecular flexibility index (Phi) is 10.8. The normalized spacial score (nSPS) is 8.96. The molecule has 0 fully saturated rings. The van der Waals surface area contributed by atoms with Gasteiger partial charge in [-0.2, -0.15) is 5.21 Å². The fourth-order valence-electron chi connectivity index (χ4n) is 1.60. The van der Waals surface area contributed by atoms with Gasteiger partial charge in [0.2, 0.25) is 5.82 Å². The summed E-state index contributed by atoms with van der Waals surface area (Å²) in [6.45, 7) is 5.59. The third-order valence-electron chi connectivity index (χ3n) is 2.54. The number of aromatic nitrogens is 4. The van der Waals surface area contributed by atoms with Crippen molar-refractivity contribution in [3.8, 4) is 11.4 Å². The number of rotatable bonds is 3. The molecule has 1 aromatic carbocycles. The number of amides is 1. The number of methoxy groups -OCH3 is 1. The molecule has 2 N–H and O–H groups in total. The minimum atomic E-state index is -0.908. The van der Waals surface area contributed by atoms with E-state index in [1.807, 2.05) is 6.79 Å². The monoisotopic (exact) mass is 351 g/mol. The Bertz CT molecular complexity index is 660. The standard InChI is InChI=1S/C12H13N5O3.C2H6O.CH2O/c1-3-20-12(19)11(18)13-9-5-4-8(6-7(9)2)10-14-16-17-15-10;1-3-2;1-2/h4-6H,3H2,1-2H3,(H,13,18)(H,14,15,16,17);1-2H3;1H2. The summed E-state index contributed by atoms with van der Waals surface area (Å²) in [7, 11) is 3.25. The first-order valence-corrected chi connectivity index (χ1v) is 7.05. The smallest absolute Gasteiger partial charge is 0.397 e. The van der Waals surface area contributed by atoms with Gasteiger partial charge in [-0.25, -0.2) is 4.79 Å². The van der Waals surface area contributed by atoms with Crippen LogP contribution in [0.25, 0.3) is 11.4 Å². The van der Waals surface area contributed by atoms with Crippen LogP contribution in [0.15, 0.2) is 18.2 Å². The van der Waals surface area contributed by atoms with Crippen LogP contribution in [0, 0.1) is 6.92 Å². The summed E-state index contributed by atoms with van der Waals surface area (Å²) >= 11 is 0. The molecule has 25 heavy (non-hydrogen) atoms. The fourth-order valence-corrected chi connectivity index (χ4v) is 1.60. The van der Waals surface area contributed by atoms with Crippen LogP contribution >= 0.6 is 0 Å². The second kappa shape index (κ2) is 12.3. The van der Waals surface area contributed by atoms with Crippen LogP contribution in [0.5, 0.6) is 0 Å². The molecule has 1 heterocycles. The number of tetrazole rings is 1. The molecular weight excluding hydrogens is 330 g/mol. The van der Waals surface area contributed by atoms with Crippen molar-refractivity contribution in [3.63, 3.8) is 0 Å². The van der Waals surface area contributed by atoms with Gasteiger partial charge < -0.3 is 19.6 Å². The molecule has 10 heteroatoms. The second-order valence-electron chi connectivity index (χ2n) is 4.35. The molecule has 1 aromatic heterocycles.